The summed E-state index contributed by atoms with van der Waals surface area (Å²) >= 11 is 6.16. The van der Waals surface area contributed by atoms with E-state index >= 15 is 0 Å². The molecule has 0 bridgehead atoms. The number of alkyl halides is 2. The maximum absolute atomic E-state index is 13.8. The van der Waals surface area contributed by atoms with E-state index in [2.05, 4.69) is 9.39 Å². The number of piperidine rings is 1. The van der Waals surface area contributed by atoms with Crippen LogP contribution in [-0.4, -0.2) is 78.9 Å². The molecule has 0 amide bonds. The molecule has 0 aromatic heterocycles. The molecule has 1 unspecified atom stereocenters. The number of hydrogen-bond donors (Lipinski definition) is 1. The summed E-state index contributed by atoms with van der Waals surface area (Å²) in [6.07, 6.45) is 1.08. The third-order valence-corrected chi connectivity index (χ3v) is 8.93. The van der Waals surface area contributed by atoms with Gasteiger partial charge in [0.15, 0.2) is 5.96 Å². The molecule has 4 rings (SSSR count). The minimum absolute atomic E-state index is 0.0798. The Hall–Kier alpha value is -3.09. The van der Waals surface area contributed by atoms with Crippen molar-refractivity contribution in [2.45, 2.75) is 57.8 Å². The molecule has 0 saturated carbocycles. The maximum atomic E-state index is 13.8. The Balaban J connectivity index is 1.80. The first-order valence-electron chi connectivity index (χ1n) is 14.3. The number of hydrogen-bond acceptors (Lipinski definition) is 3. The van der Waals surface area contributed by atoms with Crippen molar-refractivity contribution in [3.05, 3.63) is 70.7 Å². The number of aliphatic imine (C=N–C) groups is 1. The molecule has 9 nitrogen and oxygen atoms in total. The van der Waals surface area contributed by atoms with Gasteiger partial charge in [0.1, 0.15) is 0 Å². The number of nitrogens with zero attached hydrogens (tertiary/aromatic N) is 6. The van der Waals surface area contributed by atoms with Gasteiger partial charge in [0, 0.05) is 56.5 Å². The average Bonchev–Trinajstić information content (AvgIpc) is 2.97. The molecule has 1 fully saturated rings. The number of benzene rings is 2. The fourth-order valence-electron chi connectivity index (χ4n) is 5.06. The molecule has 13 heteroatoms. The minimum Gasteiger partial charge on any atom is -0.369 e. The molecule has 1 atom stereocenters. The zero-order chi connectivity index (χ0) is 30.3. The van der Waals surface area contributed by atoms with Gasteiger partial charge in [-0.05, 0) is 42.5 Å². The first kappa shape index (κ1) is 31.8. The Labute approximate surface area is 251 Å². The van der Waals surface area contributed by atoms with Crippen LogP contribution in [0.3, 0.4) is 0 Å². The molecular weight excluding hydrogens is 584 g/mol. The van der Waals surface area contributed by atoms with E-state index in [1.165, 1.54) is 5.01 Å². The molecular formula is C29H38ClF2N7O2S. The molecule has 2 aliphatic rings. The summed E-state index contributed by atoms with van der Waals surface area (Å²) in [5.41, 5.74) is 8.98. The number of rotatable bonds is 8. The average molecular weight is 622 g/mol. The van der Waals surface area contributed by atoms with Crippen LogP contribution in [0.5, 0.6) is 0 Å². The van der Waals surface area contributed by atoms with Crippen LogP contribution in [0, 0.1) is 0 Å². The second-order valence-electron chi connectivity index (χ2n) is 10.4. The van der Waals surface area contributed by atoms with E-state index in [4.69, 9.17) is 22.4 Å². The van der Waals surface area contributed by atoms with E-state index in [0.717, 1.165) is 28.3 Å². The van der Waals surface area contributed by atoms with Crippen LogP contribution in [0.1, 0.15) is 63.0 Å². The molecule has 2 heterocycles. The maximum Gasteiger partial charge on any atom is 0.325 e. The van der Waals surface area contributed by atoms with Crippen molar-refractivity contribution in [3.8, 4) is 0 Å². The van der Waals surface area contributed by atoms with Gasteiger partial charge in [0.25, 0.3) is 11.9 Å². The van der Waals surface area contributed by atoms with E-state index in [0.29, 0.717) is 36.8 Å². The molecule has 42 heavy (non-hydrogen) atoms. The molecule has 2 aromatic rings. The molecule has 228 valence electrons. The first-order chi connectivity index (χ1) is 20.0. The van der Waals surface area contributed by atoms with E-state index in [1.54, 1.807) is 12.1 Å². The second-order valence-corrected chi connectivity index (χ2v) is 12.5. The molecule has 2 N–H and O–H groups in total. The van der Waals surface area contributed by atoms with Crippen LogP contribution in [0.4, 0.5) is 8.78 Å². The Morgan fingerprint density at radius 2 is 1.67 bits per heavy atom. The fraction of sp³-hybridized carbons (Fsp3) is 0.483. The molecule has 0 radical (unpaired) electrons. The summed E-state index contributed by atoms with van der Waals surface area (Å²) in [6.45, 7) is 4.91. The lowest BCUT2D eigenvalue weighted by Gasteiger charge is -2.32. The highest BCUT2D eigenvalue weighted by atomic mass is 35.5. The van der Waals surface area contributed by atoms with E-state index < -0.39 is 29.0 Å². The second kappa shape index (κ2) is 13.9. The Bertz CT molecular complexity index is 1390. The van der Waals surface area contributed by atoms with Crippen LogP contribution in [0.2, 0.25) is 5.02 Å². The van der Waals surface area contributed by atoms with Crippen LogP contribution in [0.25, 0.3) is 0 Å². The van der Waals surface area contributed by atoms with Crippen LogP contribution < -0.4 is 5.73 Å². The van der Waals surface area contributed by atoms with Gasteiger partial charge in [-0.3, -0.25) is 0 Å². The highest BCUT2D eigenvalue weighted by molar-refractivity contribution is 7.87. The lowest BCUT2D eigenvalue weighted by Crippen LogP contribution is -2.44. The van der Waals surface area contributed by atoms with E-state index in [-0.39, 0.29) is 30.9 Å². The van der Waals surface area contributed by atoms with Crippen molar-refractivity contribution in [1.29, 1.82) is 0 Å². The SMILES string of the molecule is CCCN(CCC)/C(N)=N/C(=N\S(=O)(=O)N1CCC(F)(F)CC1)N1CCC(c2ccccc2)C(c2ccc(Cl)cc2)=N1. The number of nitrogens with two attached hydrogens (primary N) is 1. The lowest BCUT2D eigenvalue weighted by atomic mass is 9.86. The van der Waals surface area contributed by atoms with Gasteiger partial charge >= 0.3 is 10.2 Å². The number of hydrazone groups is 1. The monoisotopic (exact) mass is 621 g/mol. The van der Waals surface area contributed by atoms with Crippen LogP contribution >= 0.6 is 11.6 Å². The van der Waals surface area contributed by atoms with Gasteiger partial charge in [-0.1, -0.05) is 67.9 Å². The predicted molar refractivity (Wildman–Crippen MR) is 164 cm³/mol. The van der Waals surface area contributed by atoms with Gasteiger partial charge < -0.3 is 10.6 Å². The van der Waals surface area contributed by atoms with Crippen molar-refractivity contribution in [1.82, 2.24) is 14.2 Å². The molecule has 2 aliphatic heterocycles. The number of halogens is 3. The topological polar surface area (TPSA) is 107 Å². The minimum atomic E-state index is -4.35. The Kier molecular flexibility index (Phi) is 10.6. The van der Waals surface area contributed by atoms with Crippen molar-refractivity contribution >= 4 is 39.4 Å². The Morgan fingerprint density at radius 3 is 2.26 bits per heavy atom. The highest BCUT2D eigenvalue weighted by Crippen LogP contribution is 2.32. The fourth-order valence-corrected chi connectivity index (χ4v) is 6.28. The summed E-state index contributed by atoms with van der Waals surface area (Å²) in [5, 5.41) is 6.91. The van der Waals surface area contributed by atoms with Crippen LogP contribution in [-0.2, 0) is 10.2 Å². The van der Waals surface area contributed by atoms with Gasteiger partial charge in [-0.25, -0.2) is 13.8 Å². The summed E-state index contributed by atoms with van der Waals surface area (Å²) in [4.78, 5) is 6.37. The van der Waals surface area contributed by atoms with Crippen molar-refractivity contribution in [3.63, 3.8) is 0 Å². The van der Waals surface area contributed by atoms with Crippen molar-refractivity contribution in [2.24, 2.45) is 20.2 Å². The van der Waals surface area contributed by atoms with Gasteiger partial charge in [-0.15, -0.1) is 4.40 Å². The van der Waals surface area contributed by atoms with E-state index in [9.17, 15) is 17.2 Å². The lowest BCUT2D eigenvalue weighted by molar-refractivity contribution is -0.0411. The zero-order valence-corrected chi connectivity index (χ0v) is 25.5. The van der Waals surface area contributed by atoms with Gasteiger partial charge in [0.2, 0.25) is 0 Å². The zero-order valence-electron chi connectivity index (χ0n) is 24.0. The Morgan fingerprint density at radius 1 is 1.05 bits per heavy atom. The smallest absolute Gasteiger partial charge is 0.325 e. The van der Waals surface area contributed by atoms with Gasteiger partial charge in [0.05, 0.1) is 5.71 Å². The summed E-state index contributed by atoms with van der Waals surface area (Å²) in [7, 11) is -4.35. The van der Waals surface area contributed by atoms with Gasteiger partial charge in [-0.2, -0.15) is 22.8 Å². The molecule has 0 aliphatic carbocycles. The van der Waals surface area contributed by atoms with Crippen LogP contribution in [0.15, 0.2) is 69.1 Å². The molecule has 0 spiro atoms. The van der Waals surface area contributed by atoms with Crippen molar-refractivity contribution in [2.75, 3.05) is 32.7 Å². The number of guanidine groups is 2. The molecule has 2 aromatic carbocycles. The summed E-state index contributed by atoms with van der Waals surface area (Å²) < 4.78 is 59.4. The standard InChI is InChI=1S/C29H38ClF2N7O2S/c1-3-17-37(18-4-2)27(33)34-28(36-42(40,41)38-20-15-29(31,32)16-21-38)39-19-14-25(22-8-6-5-7-9-22)26(35-39)23-10-12-24(30)13-11-23/h5-13,25H,3-4,14-21H2,1-2H3,(H2,33,34,36). The summed E-state index contributed by atoms with van der Waals surface area (Å²) in [6, 6.07) is 17.2. The summed E-state index contributed by atoms with van der Waals surface area (Å²) in [5.74, 6) is -3.07. The first-order valence-corrected chi connectivity index (χ1v) is 16.0. The third-order valence-electron chi connectivity index (χ3n) is 7.26. The van der Waals surface area contributed by atoms with E-state index in [1.807, 2.05) is 61.2 Å². The van der Waals surface area contributed by atoms with Crippen molar-refractivity contribution < 1.29 is 17.2 Å². The highest BCUT2D eigenvalue weighted by Gasteiger charge is 2.39. The normalized spacial score (nSPS) is 20.4. The quantitative estimate of drug-likeness (QED) is 0.318. The predicted octanol–water partition coefficient (Wildman–Crippen LogP) is 5.30. The largest absolute Gasteiger partial charge is 0.369 e. The molecule has 1 saturated heterocycles. The third kappa shape index (κ3) is 8.05.